The Morgan fingerprint density at radius 3 is 2.72 bits per heavy atom. The van der Waals surface area contributed by atoms with Crippen LogP contribution in [0.2, 0.25) is 0 Å². The molecule has 1 aliphatic carbocycles. The van der Waals surface area contributed by atoms with Crippen LogP contribution < -0.4 is 25.0 Å². The average molecular weight is 504 g/mol. The normalized spacial score (nSPS) is 21.7. The molecule has 9 nitrogen and oxygen atoms in total. The zero-order valence-electron chi connectivity index (χ0n) is 20.1. The molecule has 1 atom stereocenters. The second-order valence-electron chi connectivity index (χ2n) is 10.1. The van der Waals surface area contributed by atoms with Gasteiger partial charge in [0.1, 0.15) is 18.0 Å². The summed E-state index contributed by atoms with van der Waals surface area (Å²) in [5.74, 6) is 1.19. The summed E-state index contributed by atoms with van der Waals surface area (Å²) in [4.78, 5) is 2.12. The molecule has 1 saturated heterocycles. The molecule has 2 aromatic heterocycles. The zero-order chi connectivity index (χ0) is 25.1. The van der Waals surface area contributed by atoms with Crippen LogP contribution in [0.25, 0.3) is 17.0 Å². The van der Waals surface area contributed by atoms with E-state index in [-0.39, 0.29) is 17.8 Å². The van der Waals surface area contributed by atoms with E-state index in [1.165, 1.54) is 35.6 Å². The molecule has 192 valence electrons. The van der Waals surface area contributed by atoms with Crippen LogP contribution in [0.15, 0.2) is 24.3 Å². The monoisotopic (exact) mass is 503 g/mol. The van der Waals surface area contributed by atoms with Crippen LogP contribution in [0.3, 0.4) is 0 Å². The highest BCUT2D eigenvalue weighted by Gasteiger charge is 2.45. The summed E-state index contributed by atoms with van der Waals surface area (Å²) in [7, 11) is 2.00. The third-order valence-corrected chi connectivity index (χ3v) is 7.66. The van der Waals surface area contributed by atoms with Crippen LogP contribution in [0.1, 0.15) is 32.6 Å². The van der Waals surface area contributed by atoms with E-state index in [1.807, 2.05) is 7.05 Å². The second kappa shape index (κ2) is 8.39. The van der Waals surface area contributed by atoms with Gasteiger partial charge in [-0.15, -0.1) is 28.5 Å². The number of piperidine rings is 1. The van der Waals surface area contributed by atoms with Gasteiger partial charge >= 0.3 is 6.36 Å². The maximum Gasteiger partial charge on any atom is 0.573 e. The van der Waals surface area contributed by atoms with Gasteiger partial charge < -0.3 is 25.0 Å². The molecule has 2 fully saturated rings. The third kappa shape index (κ3) is 4.06. The Morgan fingerprint density at radius 2 is 1.97 bits per heavy atom. The molecule has 2 aliphatic heterocycles. The van der Waals surface area contributed by atoms with Crippen LogP contribution in [-0.2, 0) is 0 Å². The maximum atomic E-state index is 12.8. The highest BCUT2D eigenvalue weighted by atomic mass is 19.4. The van der Waals surface area contributed by atoms with Crippen molar-refractivity contribution in [2.45, 2.75) is 51.1 Å². The lowest BCUT2D eigenvalue weighted by atomic mass is 9.60. The van der Waals surface area contributed by atoms with E-state index < -0.39 is 6.36 Å². The molecule has 1 spiro atoms. The highest BCUT2D eigenvalue weighted by Crippen LogP contribution is 2.50. The maximum absolute atomic E-state index is 12.8. The summed E-state index contributed by atoms with van der Waals surface area (Å²) in [5, 5.41) is 20.5. The van der Waals surface area contributed by atoms with Crippen molar-refractivity contribution >= 4 is 17.2 Å². The molecule has 1 unspecified atom stereocenters. The predicted octanol–water partition coefficient (Wildman–Crippen LogP) is 3.85. The minimum Gasteiger partial charge on any atom is -0.485 e. The van der Waals surface area contributed by atoms with Crippen LogP contribution in [0.5, 0.6) is 11.5 Å². The summed E-state index contributed by atoms with van der Waals surface area (Å²) in [6.07, 6.45) is -0.267. The Hall–Kier alpha value is -3.28. The Morgan fingerprint density at radius 1 is 1.19 bits per heavy atom. The summed E-state index contributed by atoms with van der Waals surface area (Å²) in [6, 6.07) is 6.07. The number of alkyl halides is 3. The molecular weight excluding hydrogens is 475 g/mol. The van der Waals surface area contributed by atoms with E-state index in [2.05, 4.69) is 37.4 Å². The molecule has 0 radical (unpaired) electrons. The molecule has 1 saturated carbocycles. The van der Waals surface area contributed by atoms with Crippen molar-refractivity contribution in [3.8, 4) is 22.9 Å². The first kappa shape index (κ1) is 23.1. The molecule has 3 aromatic rings. The first-order valence-electron chi connectivity index (χ1n) is 12.2. The third-order valence-electron chi connectivity index (χ3n) is 7.66. The number of nitrogens with one attached hydrogen (secondary N) is 2. The number of nitrogens with zero attached hydrogens (tertiary/aromatic N) is 5. The molecule has 12 heteroatoms. The van der Waals surface area contributed by atoms with E-state index in [0.717, 1.165) is 31.6 Å². The number of hydrogen-bond donors (Lipinski definition) is 2. The van der Waals surface area contributed by atoms with Crippen LogP contribution in [0.4, 0.5) is 24.7 Å². The quantitative estimate of drug-likeness (QED) is 0.555. The van der Waals surface area contributed by atoms with Crippen LogP contribution >= 0.6 is 0 Å². The van der Waals surface area contributed by atoms with Gasteiger partial charge in [0.15, 0.2) is 17.4 Å². The van der Waals surface area contributed by atoms with Crippen molar-refractivity contribution < 1.29 is 22.6 Å². The number of aromatic nitrogens is 4. The van der Waals surface area contributed by atoms with E-state index in [0.29, 0.717) is 40.6 Å². The number of ether oxygens (including phenoxy) is 2. The molecule has 3 aliphatic rings. The molecule has 36 heavy (non-hydrogen) atoms. The number of anilines is 2. The lowest BCUT2D eigenvalue weighted by molar-refractivity contribution is -0.274. The first-order valence-corrected chi connectivity index (χ1v) is 12.2. The number of halogens is 3. The minimum absolute atomic E-state index is 0.137. The fourth-order valence-electron chi connectivity index (χ4n) is 5.63. The van der Waals surface area contributed by atoms with Crippen LogP contribution in [-0.4, -0.2) is 65.0 Å². The van der Waals surface area contributed by atoms with E-state index in [1.54, 1.807) is 6.07 Å². The van der Waals surface area contributed by atoms with E-state index in [9.17, 15) is 13.2 Å². The van der Waals surface area contributed by atoms with Gasteiger partial charge in [0.25, 0.3) is 0 Å². The SMILES string of the molecule is CC1COc2c(c(NC3CC4(CCNCC4)C3)nn3c(-c4cccc(OC(F)(F)F)c4)nnc23)N1C. The van der Waals surface area contributed by atoms with Crippen molar-refractivity contribution in [3.63, 3.8) is 0 Å². The zero-order valence-corrected chi connectivity index (χ0v) is 20.1. The summed E-state index contributed by atoms with van der Waals surface area (Å²) >= 11 is 0. The molecule has 2 N–H and O–H groups in total. The van der Waals surface area contributed by atoms with Crippen molar-refractivity contribution in [1.82, 2.24) is 25.1 Å². The minimum atomic E-state index is -4.79. The average Bonchev–Trinajstić information content (AvgIpc) is 3.24. The summed E-state index contributed by atoms with van der Waals surface area (Å²) in [6.45, 7) is 4.66. The lowest BCUT2D eigenvalue weighted by Gasteiger charge is -2.51. The largest absolute Gasteiger partial charge is 0.573 e. The standard InChI is InChI=1S/C24H28F3N7O2/c1-14-13-35-19-18(33(14)2)20(29-16-11-23(12-16)6-8-28-9-7-23)32-34-21(30-31-22(19)34)15-4-3-5-17(10-15)36-24(25,26)27/h3-5,10,14,16,28H,6-9,11-13H2,1-2H3,(H,29,32). The topological polar surface area (TPSA) is 88.8 Å². The Kier molecular flexibility index (Phi) is 5.39. The fourth-order valence-corrected chi connectivity index (χ4v) is 5.63. The van der Waals surface area contributed by atoms with Crippen molar-refractivity contribution in [2.24, 2.45) is 5.41 Å². The number of likely N-dealkylation sites (N-methyl/N-ethyl adjacent to an activating group) is 1. The van der Waals surface area contributed by atoms with Gasteiger partial charge in [0.05, 0.1) is 6.04 Å². The number of benzene rings is 1. The smallest absolute Gasteiger partial charge is 0.485 e. The number of hydrogen-bond acceptors (Lipinski definition) is 8. The van der Waals surface area contributed by atoms with Gasteiger partial charge in [-0.2, -0.15) is 4.52 Å². The fraction of sp³-hybridized carbons (Fsp3) is 0.542. The molecule has 4 heterocycles. The van der Waals surface area contributed by atoms with Gasteiger partial charge in [0, 0.05) is 18.7 Å². The van der Waals surface area contributed by atoms with Gasteiger partial charge in [-0.3, -0.25) is 0 Å². The van der Waals surface area contributed by atoms with Crippen LogP contribution in [0, 0.1) is 5.41 Å². The molecule has 0 bridgehead atoms. The number of fused-ring (bicyclic) bond motifs is 3. The Labute approximate surface area is 206 Å². The molecular formula is C24H28F3N7O2. The second-order valence-corrected chi connectivity index (χ2v) is 10.1. The molecule has 1 aromatic carbocycles. The Bertz CT molecular complexity index is 1280. The van der Waals surface area contributed by atoms with E-state index >= 15 is 0 Å². The Balaban J connectivity index is 1.38. The molecule has 6 rings (SSSR count). The van der Waals surface area contributed by atoms with Crippen molar-refractivity contribution in [3.05, 3.63) is 24.3 Å². The summed E-state index contributed by atoms with van der Waals surface area (Å²) in [5.41, 5.74) is 2.02. The highest BCUT2D eigenvalue weighted by molar-refractivity contribution is 5.82. The van der Waals surface area contributed by atoms with Crippen molar-refractivity contribution in [1.29, 1.82) is 0 Å². The summed E-state index contributed by atoms with van der Waals surface area (Å²) < 4.78 is 50.1. The van der Waals surface area contributed by atoms with Gasteiger partial charge in [0.2, 0.25) is 5.65 Å². The predicted molar refractivity (Wildman–Crippen MR) is 127 cm³/mol. The molecule has 0 amide bonds. The van der Waals surface area contributed by atoms with Gasteiger partial charge in [-0.25, -0.2) is 0 Å². The first-order chi connectivity index (χ1) is 17.2. The number of rotatable bonds is 4. The van der Waals surface area contributed by atoms with Crippen molar-refractivity contribution in [2.75, 3.05) is 37.0 Å². The van der Waals surface area contributed by atoms with Gasteiger partial charge in [-0.05, 0) is 63.2 Å². The lowest BCUT2D eigenvalue weighted by Crippen LogP contribution is -2.50. The van der Waals surface area contributed by atoms with E-state index in [4.69, 9.17) is 9.84 Å². The van der Waals surface area contributed by atoms with Gasteiger partial charge in [-0.1, -0.05) is 12.1 Å².